The Morgan fingerprint density at radius 3 is 3.00 bits per heavy atom. The summed E-state index contributed by atoms with van der Waals surface area (Å²) in [6, 6.07) is 5.37. The molecule has 0 saturated carbocycles. The third kappa shape index (κ3) is 0.994. The van der Waals surface area contributed by atoms with Crippen molar-refractivity contribution in [1.82, 2.24) is 4.90 Å². The van der Waals surface area contributed by atoms with Crippen LogP contribution in [0.25, 0.3) is 0 Å². The summed E-state index contributed by atoms with van der Waals surface area (Å²) in [6.45, 7) is 0.675. The van der Waals surface area contributed by atoms with E-state index in [2.05, 4.69) is 0 Å². The summed E-state index contributed by atoms with van der Waals surface area (Å²) >= 11 is 5.79. The second-order valence-corrected chi connectivity index (χ2v) is 3.40. The number of hydrogen-bond donors (Lipinski definition) is 0. The maximum Gasteiger partial charge on any atom is 0.254 e. The van der Waals surface area contributed by atoms with Gasteiger partial charge in [0.15, 0.2) is 0 Å². The minimum atomic E-state index is 0.0849. The first-order valence-electron chi connectivity index (χ1n) is 3.72. The number of carbonyl (C=O) groups excluding carboxylic acids is 1. The molecule has 0 radical (unpaired) electrons. The van der Waals surface area contributed by atoms with Crippen molar-refractivity contribution >= 4 is 17.5 Å². The molecule has 2 nitrogen and oxygen atoms in total. The summed E-state index contributed by atoms with van der Waals surface area (Å²) in [5.41, 5.74) is 1.80. The predicted molar refractivity (Wildman–Crippen MR) is 47.2 cm³/mol. The molecule has 0 unspecified atom stereocenters. The molecular weight excluding hydrogens is 174 g/mol. The maximum atomic E-state index is 11.4. The van der Waals surface area contributed by atoms with E-state index in [-0.39, 0.29) is 5.91 Å². The largest absolute Gasteiger partial charge is 0.337 e. The molecule has 12 heavy (non-hydrogen) atoms. The van der Waals surface area contributed by atoms with Gasteiger partial charge in [-0.15, -0.1) is 0 Å². The first-order chi connectivity index (χ1) is 5.68. The zero-order valence-electron chi connectivity index (χ0n) is 6.67. The van der Waals surface area contributed by atoms with Gasteiger partial charge in [-0.2, -0.15) is 0 Å². The van der Waals surface area contributed by atoms with Gasteiger partial charge in [-0.3, -0.25) is 4.79 Å². The van der Waals surface area contributed by atoms with Crippen LogP contribution in [-0.4, -0.2) is 17.9 Å². The van der Waals surface area contributed by atoms with Gasteiger partial charge in [0, 0.05) is 24.2 Å². The second kappa shape index (κ2) is 2.49. The summed E-state index contributed by atoms with van der Waals surface area (Å²) < 4.78 is 0. The van der Waals surface area contributed by atoms with E-state index in [1.165, 1.54) is 0 Å². The van der Waals surface area contributed by atoms with Crippen LogP contribution < -0.4 is 0 Å². The summed E-state index contributed by atoms with van der Waals surface area (Å²) in [6.07, 6.45) is 0. The van der Waals surface area contributed by atoms with E-state index >= 15 is 0 Å². The lowest BCUT2D eigenvalue weighted by molar-refractivity contribution is 0.0816. The summed E-state index contributed by atoms with van der Waals surface area (Å²) in [5, 5.41) is 0.692. The molecule has 1 aromatic rings. The Balaban J connectivity index is 2.54. The lowest BCUT2D eigenvalue weighted by Gasteiger charge is -2.04. The van der Waals surface area contributed by atoms with Crippen LogP contribution in [0, 0.1) is 0 Å². The molecule has 1 heterocycles. The highest BCUT2D eigenvalue weighted by molar-refractivity contribution is 6.30. The Morgan fingerprint density at radius 2 is 2.25 bits per heavy atom. The lowest BCUT2D eigenvalue weighted by Crippen LogP contribution is -2.17. The third-order valence-corrected chi connectivity index (χ3v) is 2.29. The smallest absolute Gasteiger partial charge is 0.254 e. The van der Waals surface area contributed by atoms with Crippen LogP contribution in [0.2, 0.25) is 5.02 Å². The van der Waals surface area contributed by atoms with Crippen LogP contribution in [0.4, 0.5) is 0 Å². The molecule has 1 amide bonds. The normalized spacial score (nSPS) is 15.2. The van der Waals surface area contributed by atoms with Crippen molar-refractivity contribution in [2.24, 2.45) is 0 Å². The van der Waals surface area contributed by atoms with E-state index in [1.54, 1.807) is 24.1 Å². The van der Waals surface area contributed by atoms with Crippen molar-refractivity contribution in [1.29, 1.82) is 0 Å². The number of rotatable bonds is 0. The number of fused-ring (bicyclic) bond motifs is 1. The van der Waals surface area contributed by atoms with Gasteiger partial charge in [0.2, 0.25) is 0 Å². The van der Waals surface area contributed by atoms with Gasteiger partial charge in [-0.05, 0) is 23.8 Å². The molecule has 1 aromatic carbocycles. The molecule has 2 rings (SSSR count). The molecule has 0 fully saturated rings. The third-order valence-electron chi connectivity index (χ3n) is 2.05. The van der Waals surface area contributed by atoms with Crippen molar-refractivity contribution in [3.8, 4) is 0 Å². The maximum absolute atomic E-state index is 11.4. The molecular formula is C9H8ClNO. The highest BCUT2D eigenvalue weighted by Crippen LogP contribution is 2.24. The molecule has 1 aliphatic rings. The number of carbonyl (C=O) groups is 1. The molecule has 3 heteroatoms. The fourth-order valence-electron chi connectivity index (χ4n) is 1.43. The van der Waals surface area contributed by atoms with Crippen molar-refractivity contribution in [3.63, 3.8) is 0 Å². The first-order valence-corrected chi connectivity index (χ1v) is 4.10. The molecule has 0 atom stereocenters. The Bertz CT molecular complexity index is 348. The van der Waals surface area contributed by atoms with Crippen molar-refractivity contribution < 1.29 is 4.79 Å². The SMILES string of the molecule is CN1Cc2cc(Cl)ccc2C1=O. The van der Waals surface area contributed by atoms with Crippen LogP contribution >= 0.6 is 11.6 Å². The number of nitrogens with zero attached hydrogens (tertiary/aromatic N) is 1. The van der Waals surface area contributed by atoms with E-state index in [0.717, 1.165) is 11.1 Å². The summed E-state index contributed by atoms with van der Waals surface area (Å²) in [4.78, 5) is 13.1. The highest BCUT2D eigenvalue weighted by Gasteiger charge is 2.23. The zero-order chi connectivity index (χ0) is 8.72. The van der Waals surface area contributed by atoms with Crippen LogP contribution in [-0.2, 0) is 6.54 Å². The van der Waals surface area contributed by atoms with Crippen molar-refractivity contribution in [2.45, 2.75) is 6.54 Å². The number of halogens is 1. The minimum Gasteiger partial charge on any atom is -0.337 e. The summed E-state index contributed by atoms with van der Waals surface area (Å²) in [7, 11) is 1.79. The Labute approximate surface area is 75.7 Å². The Kier molecular flexibility index (Phi) is 1.58. The zero-order valence-corrected chi connectivity index (χ0v) is 7.43. The average Bonchev–Trinajstić information content (AvgIpc) is 2.28. The van der Waals surface area contributed by atoms with Gasteiger partial charge >= 0.3 is 0 Å². The number of amides is 1. The topological polar surface area (TPSA) is 20.3 Å². The molecule has 0 spiro atoms. The minimum absolute atomic E-state index is 0.0849. The molecule has 0 aromatic heterocycles. The van der Waals surface area contributed by atoms with Crippen LogP contribution in [0.1, 0.15) is 15.9 Å². The molecule has 0 saturated heterocycles. The number of benzene rings is 1. The summed E-state index contributed by atoms with van der Waals surface area (Å²) in [5.74, 6) is 0.0849. The van der Waals surface area contributed by atoms with E-state index in [9.17, 15) is 4.79 Å². The second-order valence-electron chi connectivity index (χ2n) is 2.96. The van der Waals surface area contributed by atoms with E-state index in [0.29, 0.717) is 11.6 Å². The molecule has 0 aliphatic carbocycles. The van der Waals surface area contributed by atoms with Crippen molar-refractivity contribution in [2.75, 3.05) is 7.05 Å². The fraction of sp³-hybridized carbons (Fsp3) is 0.222. The van der Waals surface area contributed by atoms with Crippen LogP contribution in [0.5, 0.6) is 0 Å². The standard InChI is InChI=1S/C9H8ClNO/c1-11-5-6-4-7(10)2-3-8(6)9(11)12/h2-4H,5H2,1H3. The van der Waals surface area contributed by atoms with Gasteiger partial charge in [0.1, 0.15) is 0 Å². The van der Waals surface area contributed by atoms with Gasteiger partial charge < -0.3 is 4.90 Å². The van der Waals surface area contributed by atoms with Gasteiger partial charge in [0.25, 0.3) is 5.91 Å². The fourth-order valence-corrected chi connectivity index (χ4v) is 1.63. The molecule has 1 aliphatic heterocycles. The van der Waals surface area contributed by atoms with Crippen LogP contribution in [0.3, 0.4) is 0 Å². The van der Waals surface area contributed by atoms with Gasteiger partial charge in [-0.25, -0.2) is 0 Å². The van der Waals surface area contributed by atoms with E-state index < -0.39 is 0 Å². The van der Waals surface area contributed by atoms with Crippen molar-refractivity contribution in [3.05, 3.63) is 34.3 Å². The molecule has 62 valence electrons. The molecule has 0 bridgehead atoms. The lowest BCUT2D eigenvalue weighted by atomic mass is 10.1. The predicted octanol–water partition coefficient (Wildman–Crippen LogP) is 1.93. The van der Waals surface area contributed by atoms with E-state index in [1.807, 2.05) is 6.07 Å². The van der Waals surface area contributed by atoms with E-state index in [4.69, 9.17) is 11.6 Å². The average molecular weight is 182 g/mol. The first kappa shape index (κ1) is 7.62. The Hall–Kier alpha value is -1.02. The van der Waals surface area contributed by atoms with Gasteiger partial charge in [-0.1, -0.05) is 11.6 Å². The number of hydrogen-bond acceptors (Lipinski definition) is 1. The monoisotopic (exact) mass is 181 g/mol. The quantitative estimate of drug-likeness (QED) is 0.599. The highest BCUT2D eigenvalue weighted by atomic mass is 35.5. The van der Waals surface area contributed by atoms with Crippen LogP contribution in [0.15, 0.2) is 18.2 Å². The van der Waals surface area contributed by atoms with Gasteiger partial charge in [0.05, 0.1) is 0 Å². The molecule has 0 N–H and O–H groups in total. The Morgan fingerprint density at radius 1 is 1.50 bits per heavy atom.